The lowest BCUT2D eigenvalue weighted by Gasteiger charge is -2.24. The van der Waals surface area contributed by atoms with Gasteiger partial charge in [-0.2, -0.15) is 0 Å². The van der Waals surface area contributed by atoms with Gasteiger partial charge in [0.05, 0.1) is 6.04 Å². The van der Waals surface area contributed by atoms with Crippen molar-refractivity contribution in [3.63, 3.8) is 0 Å². The Kier molecular flexibility index (Phi) is 6.49. The Morgan fingerprint density at radius 2 is 1.36 bits per heavy atom. The Labute approximate surface area is 167 Å². The number of rotatable bonds is 7. The Morgan fingerprint density at radius 1 is 0.857 bits per heavy atom. The zero-order chi connectivity index (χ0) is 19.9. The standard InChI is InChI=1S/C25H27NO2/c1-4-23(28-22-16-18(2)15-19(3)17-22)25(27)26-24(20-11-7-5-8-12-20)21-13-9-6-10-14-21/h5-17,23-24H,4H2,1-3H3,(H,26,27)/t23-/m1/s1. The number of ether oxygens (including phenoxy) is 1. The van der Waals surface area contributed by atoms with Crippen molar-refractivity contribution in [2.45, 2.75) is 39.3 Å². The minimum absolute atomic E-state index is 0.112. The molecular weight excluding hydrogens is 346 g/mol. The first-order valence-corrected chi connectivity index (χ1v) is 9.72. The smallest absolute Gasteiger partial charge is 0.261 e. The van der Waals surface area contributed by atoms with Crippen molar-refractivity contribution in [3.05, 3.63) is 101 Å². The van der Waals surface area contributed by atoms with Crippen LogP contribution in [0.1, 0.15) is 41.6 Å². The summed E-state index contributed by atoms with van der Waals surface area (Å²) in [6, 6.07) is 25.8. The Balaban J connectivity index is 1.82. The number of carbonyl (C=O) groups excluding carboxylic acids is 1. The summed E-state index contributed by atoms with van der Waals surface area (Å²) in [4.78, 5) is 13.1. The van der Waals surface area contributed by atoms with Crippen LogP contribution >= 0.6 is 0 Å². The van der Waals surface area contributed by atoms with E-state index in [1.165, 1.54) is 0 Å². The summed E-state index contributed by atoms with van der Waals surface area (Å²) >= 11 is 0. The lowest BCUT2D eigenvalue weighted by Crippen LogP contribution is -2.40. The molecule has 3 rings (SSSR count). The van der Waals surface area contributed by atoms with E-state index in [2.05, 4.69) is 11.4 Å². The molecule has 0 unspecified atom stereocenters. The van der Waals surface area contributed by atoms with Gasteiger partial charge in [0.25, 0.3) is 5.91 Å². The van der Waals surface area contributed by atoms with Gasteiger partial charge >= 0.3 is 0 Å². The normalized spacial score (nSPS) is 11.9. The van der Waals surface area contributed by atoms with Gasteiger partial charge in [-0.05, 0) is 54.7 Å². The van der Waals surface area contributed by atoms with Crippen LogP contribution in [-0.2, 0) is 4.79 Å². The quantitative estimate of drug-likeness (QED) is 0.605. The van der Waals surface area contributed by atoms with Gasteiger partial charge in [0.1, 0.15) is 5.75 Å². The molecule has 1 amide bonds. The van der Waals surface area contributed by atoms with Crippen LogP contribution in [0.25, 0.3) is 0 Å². The zero-order valence-corrected chi connectivity index (χ0v) is 16.7. The van der Waals surface area contributed by atoms with E-state index in [1.807, 2.05) is 93.6 Å². The molecule has 28 heavy (non-hydrogen) atoms. The second-order valence-electron chi connectivity index (χ2n) is 7.10. The van der Waals surface area contributed by atoms with Crippen LogP contribution in [-0.4, -0.2) is 12.0 Å². The van der Waals surface area contributed by atoms with E-state index in [0.717, 1.165) is 28.0 Å². The van der Waals surface area contributed by atoms with Crippen molar-refractivity contribution < 1.29 is 9.53 Å². The van der Waals surface area contributed by atoms with Crippen molar-refractivity contribution in [1.29, 1.82) is 0 Å². The Morgan fingerprint density at radius 3 is 1.82 bits per heavy atom. The Hall–Kier alpha value is -3.07. The second kappa shape index (κ2) is 9.23. The number of benzene rings is 3. The molecular formula is C25H27NO2. The van der Waals surface area contributed by atoms with E-state index in [0.29, 0.717) is 6.42 Å². The fourth-order valence-corrected chi connectivity index (χ4v) is 3.37. The second-order valence-corrected chi connectivity index (χ2v) is 7.10. The highest BCUT2D eigenvalue weighted by Crippen LogP contribution is 2.23. The van der Waals surface area contributed by atoms with Crippen LogP contribution in [0.4, 0.5) is 0 Å². The summed E-state index contributed by atoms with van der Waals surface area (Å²) in [7, 11) is 0. The lowest BCUT2D eigenvalue weighted by molar-refractivity contribution is -0.128. The predicted molar refractivity (Wildman–Crippen MR) is 113 cm³/mol. The number of hydrogen-bond donors (Lipinski definition) is 1. The third-order valence-corrected chi connectivity index (χ3v) is 4.69. The van der Waals surface area contributed by atoms with Gasteiger partial charge in [-0.15, -0.1) is 0 Å². The molecule has 3 nitrogen and oxygen atoms in total. The topological polar surface area (TPSA) is 38.3 Å². The molecule has 1 atom stereocenters. The largest absolute Gasteiger partial charge is 0.481 e. The summed E-state index contributed by atoms with van der Waals surface area (Å²) in [5.41, 5.74) is 4.33. The number of hydrogen-bond acceptors (Lipinski definition) is 2. The molecule has 0 bridgehead atoms. The first kappa shape index (κ1) is 19.7. The average Bonchev–Trinajstić information content (AvgIpc) is 2.70. The molecule has 0 aliphatic rings. The molecule has 3 aromatic rings. The van der Waals surface area contributed by atoms with Crippen molar-refractivity contribution in [3.8, 4) is 5.75 Å². The van der Waals surface area contributed by atoms with E-state index >= 15 is 0 Å². The highest BCUT2D eigenvalue weighted by molar-refractivity contribution is 5.82. The third-order valence-electron chi connectivity index (χ3n) is 4.69. The van der Waals surface area contributed by atoms with Crippen LogP contribution in [0.5, 0.6) is 5.75 Å². The summed E-state index contributed by atoms with van der Waals surface area (Å²) in [5.74, 6) is 0.620. The summed E-state index contributed by atoms with van der Waals surface area (Å²) in [5, 5.41) is 3.19. The molecule has 0 aliphatic heterocycles. The van der Waals surface area contributed by atoms with Crippen molar-refractivity contribution >= 4 is 5.91 Å². The van der Waals surface area contributed by atoms with E-state index in [1.54, 1.807) is 0 Å². The van der Waals surface area contributed by atoms with Crippen LogP contribution in [0.15, 0.2) is 78.9 Å². The molecule has 1 N–H and O–H groups in total. The average molecular weight is 373 g/mol. The van der Waals surface area contributed by atoms with Gasteiger partial charge in [0.15, 0.2) is 6.10 Å². The fraction of sp³-hybridized carbons (Fsp3) is 0.240. The molecule has 0 saturated heterocycles. The maximum absolute atomic E-state index is 13.1. The minimum atomic E-state index is -0.545. The number of carbonyl (C=O) groups is 1. The van der Waals surface area contributed by atoms with E-state index in [4.69, 9.17) is 4.74 Å². The molecule has 0 radical (unpaired) electrons. The van der Waals surface area contributed by atoms with Gasteiger partial charge in [-0.3, -0.25) is 4.79 Å². The van der Waals surface area contributed by atoms with Gasteiger partial charge in [-0.25, -0.2) is 0 Å². The van der Waals surface area contributed by atoms with Crippen LogP contribution in [0.2, 0.25) is 0 Å². The highest BCUT2D eigenvalue weighted by Gasteiger charge is 2.23. The maximum Gasteiger partial charge on any atom is 0.261 e. The SMILES string of the molecule is CC[C@@H](Oc1cc(C)cc(C)c1)C(=O)NC(c1ccccc1)c1ccccc1. The zero-order valence-electron chi connectivity index (χ0n) is 16.7. The predicted octanol–water partition coefficient (Wildman–Crippen LogP) is 5.37. The molecule has 0 aromatic heterocycles. The van der Waals surface area contributed by atoms with E-state index in [-0.39, 0.29) is 11.9 Å². The first-order chi connectivity index (χ1) is 13.6. The summed E-state index contributed by atoms with van der Waals surface area (Å²) < 4.78 is 6.05. The number of nitrogens with one attached hydrogen (secondary N) is 1. The summed E-state index contributed by atoms with van der Waals surface area (Å²) in [6.45, 7) is 6.02. The van der Waals surface area contributed by atoms with E-state index in [9.17, 15) is 4.79 Å². The van der Waals surface area contributed by atoms with Gasteiger partial charge in [0, 0.05) is 0 Å². The van der Waals surface area contributed by atoms with Crippen LogP contribution < -0.4 is 10.1 Å². The van der Waals surface area contributed by atoms with Gasteiger partial charge < -0.3 is 10.1 Å². The van der Waals surface area contributed by atoms with Crippen molar-refractivity contribution in [2.24, 2.45) is 0 Å². The minimum Gasteiger partial charge on any atom is -0.481 e. The van der Waals surface area contributed by atoms with Crippen molar-refractivity contribution in [1.82, 2.24) is 5.32 Å². The molecule has 0 fully saturated rings. The molecule has 0 aliphatic carbocycles. The van der Waals surface area contributed by atoms with Crippen LogP contribution in [0, 0.1) is 13.8 Å². The molecule has 0 spiro atoms. The maximum atomic E-state index is 13.1. The molecule has 0 saturated carbocycles. The molecule has 3 heteroatoms. The monoisotopic (exact) mass is 373 g/mol. The van der Waals surface area contributed by atoms with Gasteiger partial charge in [0.2, 0.25) is 0 Å². The lowest BCUT2D eigenvalue weighted by atomic mass is 9.98. The first-order valence-electron chi connectivity index (χ1n) is 9.72. The van der Waals surface area contributed by atoms with E-state index < -0.39 is 6.10 Å². The molecule has 0 heterocycles. The van der Waals surface area contributed by atoms with Crippen molar-refractivity contribution in [2.75, 3.05) is 0 Å². The van der Waals surface area contributed by atoms with Gasteiger partial charge in [-0.1, -0.05) is 73.7 Å². The third kappa shape index (κ3) is 5.01. The number of amides is 1. The molecule has 3 aromatic carbocycles. The fourth-order valence-electron chi connectivity index (χ4n) is 3.37. The number of aryl methyl sites for hydroxylation is 2. The Bertz CT molecular complexity index is 847. The summed E-state index contributed by atoms with van der Waals surface area (Å²) in [6.07, 6.45) is 0.0471. The highest BCUT2D eigenvalue weighted by atomic mass is 16.5. The van der Waals surface area contributed by atoms with Crippen LogP contribution in [0.3, 0.4) is 0 Å². The molecule has 144 valence electrons.